The van der Waals surface area contributed by atoms with Crippen molar-refractivity contribution in [3.63, 3.8) is 0 Å². The monoisotopic (exact) mass is 363 g/mol. The average molecular weight is 363 g/mol. The van der Waals surface area contributed by atoms with E-state index in [0.717, 1.165) is 0 Å². The van der Waals surface area contributed by atoms with Crippen LogP contribution < -0.4 is 5.56 Å². The molecule has 0 aliphatic rings. The van der Waals surface area contributed by atoms with Crippen molar-refractivity contribution in [3.8, 4) is 0 Å². The minimum absolute atomic E-state index is 0.0630. The molecule has 0 radical (unpaired) electrons. The van der Waals surface area contributed by atoms with Crippen molar-refractivity contribution in [2.45, 2.75) is 27.0 Å². The smallest absolute Gasteiger partial charge is 0.338 e. The summed E-state index contributed by atoms with van der Waals surface area (Å²) in [5.74, 6) is -0.174. The maximum absolute atomic E-state index is 12.4. The van der Waals surface area contributed by atoms with Crippen molar-refractivity contribution < 1.29 is 13.9 Å². The van der Waals surface area contributed by atoms with Crippen LogP contribution in [0.3, 0.4) is 0 Å². The highest BCUT2D eigenvalue weighted by atomic mass is 16.5. The lowest BCUT2D eigenvalue weighted by atomic mass is 10.2. The van der Waals surface area contributed by atoms with Gasteiger partial charge in [0, 0.05) is 6.54 Å². The van der Waals surface area contributed by atoms with E-state index < -0.39 is 5.97 Å². The Morgan fingerprint density at radius 3 is 2.74 bits per heavy atom. The van der Waals surface area contributed by atoms with E-state index in [-0.39, 0.29) is 12.2 Å². The molecule has 7 nitrogen and oxygen atoms in total. The predicted molar refractivity (Wildman–Crippen MR) is 99.5 cm³/mol. The summed E-state index contributed by atoms with van der Waals surface area (Å²) in [5.41, 5.74) is 3.23. The Balaban J connectivity index is 1.58. The maximum Gasteiger partial charge on any atom is 0.338 e. The SMILES string of the molecule is CCn1c(=O)c(C)nc2cc(C(=O)OCc3nc4ccccc4o3)ccc21. The first-order valence-corrected chi connectivity index (χ1v) is 8.59. The van der Waals surface area contributed by atoms with E-state index in [4.69, 9.17) is 9.15 Å². The van der Waals surface area contributed by atoms with Gasteiger partial charge in [0.15, 0.2) is 12.2 Å². The molecule has 2 aromatic carbocycles. The highest BCUT2D eigenvalue weighted by Crippen LogP contribution is 2.17. The molecular formula is C20H17N3O4. The first-order chi connectivity index (χ1) is 13.1. The van der Waals surface area contributed by atoms with Crippen molar-refractivity contribution in [1.29, 1.82) is 0 Å². The van der Waals surface area contributed by atoms with Crippen molar-refractivity contribution >= 4 is 28.1 Å². The second-order valence-corrected chi connectivity index (χ2v) is 6.10. The van der Waals surface area contributed by atoms with Gasteiger partial charge in [-0.3, -0.25) is 4.79 Å². The van der Waals surface area contributed by atoms with Gasteiger partial charge in [-0.15, -0.1) is 0 Å². The molecule has 136 valence electrons. The molecule has 0 bridgehead atoms. The van der Waals surface area contributed by atoms with E-state index in [0.29, 0.717) is 45.8 Å². The lowest BCUT2D eigenvalue weighted by molar-refractivity contribution is 0.0440. The van der Waals surface area contributed by atoms with Gasteiger partial charge >= 0.3 is 5.97 Å². The third kappa shape index (κ3) is 3.08. The Kier molecular flexibility index (Phi) is 4.19. The molecule has 0 saturated heterocycles. The number of nitrogens with zero attached hydrogens (tertiary/aromatic N) is 3. The number of carbonyl (C=O) groups excluding carboxylic acids is 1. The van der Waals surface area contributed by atoms with Gasteiger partial charge in [0.2, 0.25) is 5.89 Å². The van der Waals surface area contributed by atoms with Crippen LogP contribution in [0, 0.1) is 6.92 Å². The van der Waals surface area contributed by atoms with Gasteiger partial charge in [-0.05, 0) is 44.2 Å². The summed E-state index contributed by atoms with van der Waals surface area (Å²) in [6.07, 6.45) is 0. The molecule has 0 spiro atoms. The molecule has 0 N–H and O–H groups in total. The molecule has 4 rings (SSSR count). The molecule has 0 aliphatic carbocycles. The summed E-state index contributed by atoms with van der Waals surface area (Å²) in [4.78, 5) is 33.1. The summed E-state index contributed by atoms with van der Waals surface area (Å²) < 4.78 is 12.5. The fourth-order valence-corrected chi connectivity index (χ4v) is 3.01. The number of ether oxygens (including phenoxy) is 1. The molecule has 0 unspecified atom stereocenters. The van der Waals surface area contributed by atoms with E-state index in [1.165, 1.54) is 0 Å². The number of oxazole rings is 1. The maximum atomic E-state index is 12.4. The molecule has 4 aromatic rings. The van der Waals surface area contributed by atoms with Crippen LogP contribution in [0.5, 0.6) is 0 Å². The summed E-state index contributed by atoms with van der Waals surface area (Å²) in [6, 6.07) is 12.3. The van der Waals surface area contributed by atoms with Gasteiger partial charge in [-0.25, -0.2) is 14.8 Å². The van der Waals surface area contributed by atoms with Gasteiger partial charge in [0.25, 0.3) is 5.56 Å². The Morgan fingerprint density at radius 2 is 1.96 bits per heavy atom. The Labute approximate surface area is 154 Å². The normalized spacial score (nSPS) is 11.2. The summed E-state index contributed by atoms with van der Waals surface area (Å²) in [6.45, 7) is 4.02. The number of fused-ring (bicyclic) bond motifs is 2. The van der Waals surface area contributed by atoms with Gasteiger partial charge in [0.05, 0.1) is 16.6 Å². The predicted octanol–water partition coefficient (Wildman–Crippen LogP) is 3.22. The number of carbonyl (C=O) groups is 1. The minimum Gasteiger partial charge on any atom is -0.452 e. The summed E-state index contributed by atoms with van der Waals surface area (Å²) >= 11 is 0. The van der Waals surface area contributed by atoms with E-state index in [9.17, 15) is 9.59 Å². The number of rotatable bonds is 4. The number of hydrogen-bond acceptors (Lipinski definition) is 6. The molecule has 0 atom stereocenters. The minimum atomic E-state index is -0.507. The van der Waals surface area contributed by atoms with Crippen LogP contribution in [0.4, 0.5) is 0 Å². The van der Waals surface area contributed by atoms with Crippen LogP contribution in [0.2, 0.25) is 0 Å². The van der Waals surface area contributed by atoms with Gasteiger partial charge in [-0.2, -0.15) is 0 Å². The number of benzene rings is 2. The first-order valence-electron chi connectivity index (χ1n) is 8.59. The number of hydrogen-bond donors (Lipinski definition) is 0. The van der Waals surface area contributed by atoms with E-state index >= 15 is 0 Å². The molecular weight excluding hydrogens is 346 g/mol. The zero-order valence-electron chi connectivity index (χ0n) is 14.9. The summed E-state index contributed by atoms with van der Waals surface area (Å²) in [7, 11) is 0. The fraction of sp³-hybridized carbons (Fsp3) is 0.200. The van der Waals surface area contributed by atoms with Crippen molar-refractivity contribution in [3.05, 3.63) is 70.0 Å². The number of aromatic nitrogens is 3. The van der Waals surface area contributed by atoms with E-state index in [1.807, 2.05) is 25.1 Å². The van der Waals surface area contributed by atoms with E-state index in [1.54, 1.807) is 35.8 Å². The summed E-state index contributed by atoms with van der Waals surface area (Å²) in [5, 5.41) is 0. The van der Waals surface area contributed by atoms with E-state index in [2.05, 4.69) is 9.97 Å². The fourth-order valence-electron chi connectivity index (χ4n) is 3.01. The van der Waals surface area contributed by atoms with Crippen LogP contribution >= 0.6 is 0 Å². The number of aryl methyl sites for hydroxylation is 2. The molecule has 0 aliphatic heterocycles. The highest BCUT2D eigenvalue weighted by molar-refractivity contribution is 5.93. The largest absolute Gasteiger partial charge is 0.452 e. The molecule has 27 heavy (non-hydrogen) atoms. The Morgan fingerprint density at radius 1 is 1.15 bits per heavy atom. The van der Waals surface area contributed by atoms with Gasteiger partial charge < -0.3 is 13.7 Å². The lowest BCUT2D eigenvalue weighted by Crippen LogP contribution is -2.23. The Hall–Kier alpha value is -3.48. The zero-order valence-corrected chi connectivity index (χ0v) is 14.9. The molecule has 0 fully saturated rings. The number of para-hydroxylation sites is 2. The van der Waals surface area contributed by atoms with Crippen LogP contribution in [0.1, 0.15) is 28.9 Å². The second-order valence-electron chi connectivity index (χ2n) is 6.10. The van der Waals surface area contributed by atoms with Crippen LogP contribution in [0.25, 0.3) is 22.1 Å². The lowest BCUT2D eigenvalue weighted by Gasteiger charge is -2.09. The average Bonchev–Trinajstić information content (AvgIpc) is 3.10. The zero-order chi connectivity index (χ0) is 19.0. The standard InChI is InChI=1S/C20H17N3O4/c1-3-23-16-9-8-13(10-15(16)21-12(2)19(23)24)20(25)26-11-18-22-14-6-4-5-7-17(14)27-18/h4-10H,3,11H2,1-2H3. The molecule has 0 saturated carbocycles. The van der Waals surface area contributed by atoms with Crippen molar-refractivity contribution in [2.75, 3.05) is 0 Å². The molecule has 2 heterocycles. The third-order valence-corrected chi connectivity index (χ3v) is 4.33. The highest BCUT2D eigenvalue weighted by Gasteiger charge is 2.14. The number of esters is 1. The van der Waals surface area contributed by atoms with Crippen LogP contribution in [-0.2, 0) is 17.9 Å². The van der Waals surface area contributed by atoms with Crippen molar-refractivity contribution in [1.82, 2.24) is 14.5 Å². The quantitative estimate of drug-likeness (QED) is 0.517. The second kappa shape index (κ2) is 6.68. The van der Waals surface area contributed by atoms with Crippen LogP contribution in [-0.4, -0.2) is 20.5 Å². The Bertz CT molecular complexity index is 1190. The first kappa shape index (κ1) is 17.0. The van der Waals surface area contributed by atoms with Crippen molar-refractivity contribution in [2.24, 2.45) is 0 Å². The van der Waals surface area contributed by atoms with Gasteiger partial charge in [-0.1, -0.05) is 12.1 Å². The third-order valence-electron chi connectivity index (χ3n) is 4.33. The van der Waals surface area contributed by atoms with Gasteiger partial charge in [0.1, 0.15) is 11.2 Å². The topological polar surface area (TPSA) is 87.2 Å². The molecule has 2 aromatic heterocycles. The molecule has 7 heteroatoms. The van der Waals surface area contributed by atoms with Crippen LogP contribution in [0.15, 0.2) is 51.7 Å². The molecule has 0 amide bonds.